The minimum absolute atomic E-state index is 0.00389. The lowest BCUT2D eigenvalue weighted by molar-refractivity contribution is -0.123. The number of carbonyl (C=O) groups excluding carboxylic acids is 1. The topological polar surface area (TPSA) is 84.6 Å². The number of aliphatic hydroxyl groups is 1. The largest absolute Gasteiger partial charge is 0.484 e. The first kappa shape index (κ1) is 14.3. The molecule has 0 saturated heterocycles. The van der Waals surface area contributed by atoms with Crippen molar-refractivity contribution in [1.29, 1.82) is 0 Å². The quantitative estimate of drug-likeness (QED) is 0.474. The van der Waals surface area contributed by atoms with Crippen molar-refractivity contribution in [2.24, 2.45) is 0 Å². The van der Waals surface area contributed by atoms with Crippen molar-refractivity contribution in [3.05, 3.63) is 24.3 Å². The molecule has 0 aliphatic rings. The zero-order valence-corrected chi connectivity index (χ0v) is 10.4. The number of nitrogens with one attached hydrogen (secondary N) is 1. The average molecular weight is 252 g/mol. The number of anilines is 1. The predicted molar refractivity (Wildman–Crippen MR) is 70.3 cm³/mol. The highest BCUT2D eigenvalue weighted by Crippen LogP contribution is 2.12. The van der Waals surface area contributed by atoms with Crippen LogP contribution in [0.2, 0.25) is 0 Å². The molecule has 1 amide bonds. The van der Waals surface area contributed by atoms with Crippen LogP contribution in [0.5, 0.6) is 5.75 Å². The van der Waals surface area contributed by atoms with Gasteiger partial charge in [0.05, 0.1) is 0 Å². The summed E-state index contributed by atoms with van der Waals surface area (Å²) in [6.07, 6.45) is 2.56. The zero-order valence-electron chi connectivity index (χ0n) is 10.4. The lowest BCUT2D eigenvalue weighted by atomic mass is 10.2. The van der Waals surface area contributed by atoms with E-state index in [1.165, 1.54) is 0 Å². The van der Waals surface area contributed by atoms with Crippen LogP contribution in [0, 0.1) is 0 Å². The molecule has 0 atom stereocenters. The molecule has 4 N–H and O–H groups in total. The highest BCUT2D eigenvalue weighted by Gasteiger charge is 2.01. The summed E-state index contributed by atoms with van der Waals surface area (Å²) in [6.45, 7) is 0.821. The fourth-order valence-electron chi connectivity index (χ4n) is 1.41. The number of unbranched alkanes of at least 4 members (excludes halogenated alkanes) is 2. The summed E-state index contributed by atoms with van der Waals surface area (Å²) < 4.78 is 5.29. The minimum Gasteiger partial charge on any atom is -0.484 e. The maximum absolute atomic E-state index is 11.4. The first-order valence-corrected chi connectivity index (χ1v) is 6.08. The Balaban J connectivity index is 2.11. The minimum atomic E-state index is -0.143. The molecule has 0 fully saturated rings. The monoisotopic (exact) mass is 252 g/mol. The van der Waals surface area contributed by atoms with Gasteiger partial charge in [0.1, 0.15) is 5.75 Å². The van der Waals surface area contributed by atoms with E-state index in [1.54, 1.807) is 24.3 Å². The molecule has 0 aromatic heterocycles. The van der Waals surface area contributed by atoms with Crippen molar-refractivity contribution in [2.75, 3.05) is 25.5 Å². The van der Waals surface area contributed by atoms with E-state index in [0.717, 1.165) is 19.3 Å². The Bertz CT molecular complexity index is 352. The molecule has 1 aromatic rings. The van der Waals surface area contributed by atoms with Crippen LogP contribution in [0.15, 0.2) is 24.3 Å². The number of ether oxygens (including phenoxy) is 1. The van der Waals surface area contributed by atoms with Crippen LogP contribution in [-0.4, -0.2) is 30.8 Å². The van der Waals surface area contributed by atoms with E-state index in [0.29, 0.717) is 18.0 Å². The highest BCUT2D eigenvalue weighted by atomic mass is 16.5. The Hall–Kier alpha value is -1.75. The van der Waals surface area contributed by atoms with Crippen molar-refractivity contribution in [2.45, 2.75) is 19.3 Å². The van der Waals surface area contributed by atoms with Gasteiger partial charge < -0.3 is 20.9 Å². The Morgan fingerprint density at radius 2 is 1.94 bits per heavy atom. The standard InChI is InChI=1S/C13H20N2O3/c14-11-4-6-12(7-5-11)18-10-13(17)15-8-2-1-3-9-16/h4-7,16H,1-3,8-10,14H2,(H,15,17). The third-order valence-electron chi connectivity index (χ3n) is 2.41. The van der Waals surface area contributed by atoms with E-state index in [1.807, 2.05) is 0 Å². The number of rotatable bonds is 8. The molecule has 0 spiro atoms. The van der Waals surface area contributed by atoms with Crippen molar-refractivity contribution in [1.82, 2.24) is 5.32 Å². The van der Waals surface area contributed by atoms with E-state index in [4.69, 9.17) is 15.6 Å². The van der Waals surface area contributed by atoms with Gasteiger partial charge >= 0.3 is 0 Å². The van der Waals surface area contributed by atoms with Gasteiger partial charge in [0.25, 0.3) is 5.91 Å². The molecule has 0 radical (unpaired) electrons. The second-order valence-electron chi connectivity index (χ2n) is 3.99. The lowest BCUT2D eigenvalue weighted by Gasteiger charge is -2.07. The van der Waals surface area contributed by atoms with Crippen LogP contribution in [-0.2, 0) is 4.79 Å². The molecule has 0 unspecified atom stereocenters. The van der Waals surface area contributed by atoms with Crippen LogP contribution in [0.3, 0.4) is 0 Å². The average Bonchev–Trinajstić information content (AvgIpc) is 2.38. The summed E-state index contributed by atoms with van der Waals surface area (Å²) >= 11 is 0. The number of hydrogen-bond donors (Lipinski definition) is 3. The van der Waals surface area contributed by atoms with Crippen LogP contribution in [0.4, 0.5) is 5.69 Å². The fraction of sp³-hybridized carbons (Fsp3) is 0.462. The van der Waals surface area contributed by atoms with Crippen molar-refractivity contribution in [3.63, 3.8) is 0 Å². The number of benzene rings is 1. The number of amides is 1. The van der Waals surface area contributed by atoms with Gasteiger partial charge in [-0.2, -0.15) is 0 Å². The van der Waals surface area contributed by atoms with Gasteiger partial charge in [-0.25, -0.2) is 0 Å². The third-order valence-corrected chi connectivity index (χ3v) is 2.41. The van der Waals surface area contributed by atoms with Crippen LogP contribution in [0.1, 0.15) is 19.3 Å². The van der Waals surface area contributed by atoms with Crippen LogP contribution < -0.4 is 15.8 Å². The Morgan fingerprint density at radius 1 is 1.22 bits per heavy atom. The summed E-state index contributed by atoms with van der Waals surface area (Å²) in [5, 5.41) is 11.3. The number of hydrogen-bond acceptors (Lipinski definition) is 4. The van der Waals surface area contributed by atoms with Crippen LogP contribution >= 0.6 is 0 Å². The van der Waals surface area contributed by atoms with Crippen LogP contribution in [0.25, 0.3) is 0 Å². The van der Waals surface area contributed by atoms with E-state index in [-0.39, 0.29) is 19.1 Å². The molecule has 0 heterocycles. The van der Waals surface area contributed by atoms with Gasteiger partial charge in [-0.15, -0.1) is 0 Å². The molecule has 0 aliphatic heterocycles. The third kappa shape index (κ3) is 6.10. The predicted octanol–water partition coefficient (Wildman–Crippen LogP) is 0.926. The molecule has 0 saturated carbocycles. The van der Waals surface area contributed by atoms with Gasteiger partial charge in [0.15, 0.2) is 6.61 Å². The molecular weight excluding hydrogens is 232 g/mol. The normalized spacial score (nSPS) is 10.1. The maximum Gasteiger partial charge on any atom is 0.257 e. The summed E-state index contributed by atoms with van der Waals surface area (Å²) in [5.41, 5.74) is 6.20. The van der Waals surface area contributed by atoms with E-state index in [9.17, 15) is 4.79 Å². The molecule has 18 heavy (non-hydrogen) atoms. The van der Waals surface area contributed by atoms with Crippen molar-refractivity contribution < 1.29 is 14.6 Å². The second-order valence-corrected chi connectivity index (χ2v) is 3.99. The molecule has 0 aliphatic carbocycles. The number of nitrogen functional groups attached to an aromatic ring is 1. The molecular formula is C13H20N2O3. The fourth-order valence-corrected chi connectivity index (χ4v) is 1.41. The van der Waals surface area contributed by atoms with E-state index >= 15 is 0 Å². The molecule has 1 rings (SSSR count). The number of aliphatic hydroxyl groups excluding tert-OH is 1. The zero-order chi connectivity index (χ0) is 13.2. The first-order chi connectivity index (χ1) is 8.72. The second kappa shape index (κ2) is 8.36. The number of carbonyl (C=O) groups is 1. The van der Waals surface area contributed by atoms with Gasteiger partial charge in [-0.1, -0.05) is 0 Å². The van der Waals surface area contributed by atoms with E-state index in [2.05, 4.69) is 5.32 Å². The SMILES string of the molecule is Nc1ccc(OCC(=O)NCCCCCO)cc1. The molecule has 0 bridgehead atoms. The van der Waals surface area contributed by atoms with Gasteiger partial charge in [0, 0.05) is 18.8 Å². The smallest absolute Gasteiger partial charge is 0.257 e. The molecule has 5 heteroatoms. The highest BCUT2D eigenvalue weighted by molar-refractivity contribution is 5.77. The van der Waals surface area contributed by atoms with Gasteiger partial charge in [-0.3, -0.25) is 4.79 Å². The summed E-state index contributed by atoms with van der Waals surface area (Å²) in [5.74, 6) is 0.482. The summed E-state index contributed by atoms with van der Waals surface area (Å²) in [7, 11) is 0. The van der Waals surface area contributed by atoms with Crippen molar-refractivity contribution >= 4 is 11.6 Å². The summed E-state index contributed by atoms with van der Waals surface area (Å²) in [6, 6.07) is 6.90. The van der Waals surface area contributed by atoms with Crippen molar-refractivity contribution in [3.8, 4) is 5.75 Å². The van der Waals surface area contributed by atoms with E-state index < -0.39 is 0 Å². The Kier molecular flexibility index (Phi) is 6.64. The van der Waals surface area contributed by atoms with Gasteiger partial charge in [-0.05, 0) is 43.5 Å². The first-order valence-electron chi connectivity index (χ1n) is 6.08. The molecule has 5 nitrogen and oxygen atoms in total. The Morgan fingerprint density at radius 3 is 2.61 bits per heavy atom. The Labute approximate surface area is 107 Å². The summed E-state index contributed by atoms with van der Waals surface area (Å²) in [4.78, 5) is 11.4. The molecule has 1 aromatic carbocycles. The lowest BCUT2D eigenvalue weighted by Crippen LogP contribution is -2.29. The van der Waals surface area contributed by atoms with Gasteiger partial charge in [0.2, 0.25) is 0 Å². The molecule has 100 valence electrons. The number of nitrogens with two attached hydrogens (primary N) is 1. The maximum atomic E-state index is 11.4.